The number of hydrogen-bond donors (Lipinski definition) is 0. The van der Waals surface area contributed by atoms with Gasteiger partial charge in [-0.1, -0.05) is 48.0 Å². The SMILES string of the molecule is COc1ccc(C2c3cccn3-c3ccccc3N2C(=O)CN(C(=O)c2ccccc2Cl)C(C)C)cc1. The maximum atomic E-state index is 14.2. The highest BCUT2D eigenvalue weighted by molar-refractivity contribution is 6.33. The summed E-state index contributed by atoms with van der Waals surface area (Å²) in [5.41, 5.74) is 3.98. The number of aromatic nitrogens is 1. The highest BCUT2D eigenvalue weighted by Gasteiger charge is 2.37. The smallest absolute Gasteiger partial charge is 0.256 e. The number of hydrogen-bond acceptors (Lipinski definition) is 3. The number of halogens is 1. The van der Waals surface area contributed by atoms with E-state index in [0.717, 1.165) is 28.4 Å². The van der Waals surface area contributed by atoms with E-state index in [1.165, 1.54) is 0 Å². The number of fused-ring (bicyclic) bond motifs is 3. The molecule has 1 aromatic heterocycles. The maximum absolute atomic E-state index is 14.2. The fourth-order valence-electron chi connectivity index (χ4n) is 4.86. The van der Waals surface area contributed by atoms with Gasteiger partial charge in [-0.25, -0.2) is 0 Å². The molecule has 0 fully saturated rings. The van der Waals surface area contributed by atoms with Crippen molar-refractivity contribution in [1.82, 2.24) is 9.47 Å². The molecule has 1 atom stereocenters. The molecule has 1 unspecified atom stereocenters. The van der Waals surface area contributed by atoms with Gasteiger partial charge in [-0.2, -0.15) is 0 Å². The second kappa shape index (κ2) is 10.1. The van der Waals surface area contributed by atoms with Crippen LogP contribution in [-0.4, -0.2) is 41.0 Å². The number of anilines is 1. The van der Waals surface area contributed by atoms with E-state index in [1.807, 2.05) is 85.6 Å². The minimum absolute atomic E-state index is 0.0938. The Kier molecular flexibility index (Phi) is 6.76. The van der Waals surface area contributed by atoms with Crippen LogP contribution in [0.2, 0.25) is 5.02 Å². The number of methoxy groups -OCH3 is 1. The third-order valence-corrected chi connectivity index (χ3v) is 7.04. The molecule has 0 spiro atoms. The van der Waals surface area contributed by atoms with E-state index in [0.29, 0.717) is 10.6 Å². The fourth-order valence-corrected chi connectivity index (χ4v) is 5.08. The van der Waals surface area contributed by atoms with Crippen LogP contribution in [0.15, 0.2) is 91.1 Å². The molecule has 0 radical (unpaired) electrons. The third-order valence-electron chi connectivity index (χ3n) is 6.71. The van der Waals surface area contributed by atoms with Crippen molar-refractivity contribution in [1.29, 1.82) is 0 Å². The topological polar surface area (TPSA) is 54.8 Å². The molecule has 0 saturated carbocycles. The molecule has 5 rings (SSSR count). The van der Waals surface area contributed by atoms with Crippen molar-refractivity contribution in [2.24, 2.45) is 0 Å². The summed E-state index contributed by atoms with van der Waals surface area (Å²) in [7, 11) is 1.63. The first kappa shape index (κ1) is 24.7. The number of benzene rings is 3. The average Bonchev–Trinajstić information content (AvgIpc) is 3.41. The summed E-state index contributed by atoms with van der Waals surface area (Å²) in [6, 6.07) is 25.9. The highest BCUT2D eigenvalue weighted by Crippen LogP contribution is 2.42. The molecule has 0 aliphatic carbocycles. The van der Waals surface area contributed by atoms with Gasteiger partial charge in [-0.05, 0) is 67.9 Å². The number of carbonyl (C=O) groups is 2. The van der Waals surface area contributed by atoms with Crippen LogP contribution >= 0.6 is 11.6 Å². The second-order valence-electron chi connectivity index (χ2n) is 9.24. The molecular formula is C30H28ClN3O3. The molecule has 1 aliphatic heterocycles. The Hall–Kier alpha value is -4.03. The number of ether oxygens (including phenoxy) is 1. The van der Waals surface area contributed by atoms with Gasteiger partial charge in [0.15, 0.2) is 0 Å². The lowest BCUT2D eigenvalue weighted by Gasteiger charge is -2.40. The number of rotatable bonds is 6. The minimum atomic E-state index is -0.382. The zero-order chi connectivity index (χ0) is 26.1. The van der Waals surface area contributed by atoms with E-state index in [4.69, 9.17) is 16.3 Å². The third kappa shape index (κ3) is 4.49. The van der Waals surface area contributed by atoms with Gasteiger partial charge in [0.2, 0.25) is 5.91 Å². The van der Waals surface area contributed by atoms with Crippen molar-refractivity contribution in [2.45, 2.75) is 25.9 Å². The first-order chi connectivity index (χ1) is 17.9. The lowest BCUT2D eigenvalue weighted by molar-refractivity contribution is -0.120. The van der Waals surface area contributed by atoms with Gasteiger partial charge >= 0.3 is 0 Å². The molecule has 0 N–H and O–H groups in total. The quantitative estimate of drug-likeness (QED) is 0.312. The van der Waals surface area contributed by atoms with Crippen molar-refractivity contribution in [3.63, 3.8) is 0 Å². The number of para-hydroxylation sites is 2. The van der Waals surface area contributed by atoms with Crippen LogP contribution < -0.4 is 9.64 Å². The first-order valence-electron chi connectivity index (χ1n) is 12.2. The van der Waals surface area contributed by atoms with Crippen LogP contribution in [0.25, 0.3) is 5.69 Å². The van der Waals surface area contributed by atoms with E-state index < -0.39 is 0 Å². The summed E-state index contributed by atoms with van der Waals surface area (Å²) < 4.78 is 7.47. The molecule has 1 aliphatic rings. The van der Waals surface area contributed by atoms with Gasteiger partial charge in [-0.15, -0.1) is 0 Å². The Balaban J connectivity index is 1.58. The molecule has 188 valence electrons. The standard InChI is InChI=1S/C30H28ClN3O3/c1-20(2)33(30(36)23-9-4-5-10-24(23)31)19-28(35)34-26-12-7-6-11-25(26)32-18-8-13-27(32)29(34)21-14-16-22(37-3)17-15-21/h4-18,20,29H,19H2,1-3H3. The lowest BCUT2D eigenvalue weighted by atomic mass is 9.97. The predicted octanol–water partition coefficient (Wildman–Crippen LogP) is 6.13. The summed E-state index contributed by atoms with van der Waals surface area (Å²) in [5, 5.41) is 0.364. The van der Waals surface area contributed by atoms with Crippen LogP contribution in [0, 0.1) is 0 Å². The van der Waals surface area contributed by atoms with Crippen LogP contribution in [0.4, 0.5) is 5.69 Å². The summed E-state index contributed by atoms with van der Waals surface area (Å²) in [6.07, 6.45) is 2.01. The van der Waals surface area contributed by atoms with E-state index in [1.54, 1.807) is 36.3 Å². The zero-order valence-electron chi connectivity index (χ0n) is 21.0. The largest absolute Gasteiger partial charge is 0.497 e. The maximum Gasteiger partial charge on any atom is 0.256 e. The van der Waals surface area contributed by atoms with Crippen LogP contribution in [0.3, 0.4) is 0 Å². The summed E-state index contributed by atoms with van der Waals surface area (Å²) in [4.78, 5) is 31.1. The second-order valence-corrected chi connectivity index (χ2v) is 9.65. The molecular weight excluding hydrogens is 486 g/mol. The van der Waals surface area contributed by atoms with Crippen LogP contribution in [0.1, 0.15) is 41.5 Å². The van der Waals surface area contributed by atoms with Crippen molar-refractivity contribution in [3.8, 4) is 11.4 Å². The van der Waals surface area contributed by atoms with E-state index in [2.05, 4.69) is 4.57 Å². The van der Waals surface area contributed by atoms with Gasteiger partial charge < -0.3 is 14.2 Å². The Labute approximate surface area is 221 Å². The molecule has 0 bridgehead atoms. The molecule has 3 aromatic carbocycles. The van der Waals surface area contributed by atoms with Gasteiger partial charge in [0.05, 0.1) is 34.8 Å². The summed E-state index contributed by atoms with van der Waals surface area (Å²) in [5.74, 6) is 0.281. The van der Waals surface area contributed by atoms with Gasteiger partial charge in [0, 0.05) is 12.2 Å². The Morgan fingerprint density at radius 1 is 0.919 bits per heavy atom. The molecule has 2 amide bonds. The van der Waals surface area contributed by atoms with Crippen molar-refractivity contribution in [2.75, 3.05) is 18.6 Å². The Morgan fingerprint density at radius 3 is 2.27 bits per heavy atom. The van der Waals surface area contributed by atoms with Crippen molar-refractivity contribution >= 4 is 29.1 Å². The average molecular weight is 514 g/mol. The van der Waals surface area contributed by atoms with E-state index >= 15 is 0 Å². The molecule has 2 heterocycles. The Morgan fingerprint density at radius 2 is 1.59 bits per heavy atom. The normalized spacial score (nSPS) is 14.2. The van der Waals surface area contributed by atoms with Crippen LogP contribution in [-0.2, 0) is 4.79 Å². The van der Waals surface area contributed by atoms with Crippen molar-refractivity contribution in [3.05, 3.63) is 113 Å². The fraction of sp³-hybridized carbons (Fsp3) is 0.200. The summed E-state index contributed by atoms with van der Waals surface area (Å²) in [6.45, 7) is 3.71. The molecule has 4 aromatic rings. The molecule has 6 nitrogen and oxygen atoms in total. The van der Waals surface area contributed by atoms with Crippen LogP contribution in [0.5, 0.6) is 5.75 Å². The number of carbonyl (C=O) groups excluding carboxylic acids is 2. The van der Waals surface area contributed by atoms with Crippen molar-refractivity contribution < 1.29 is 14.3 Å². The van der Waals surface area contributed by atoms with Gasteiger partial charge in [-0.3, -0.25) is 14.5 Å². The molecule has 0 saturated heterocycles. The van der Waals surface area contributed by atoms with E-state index in [9.17, 15) is 9.59 Å². The van der Waals surface area contributed by atoms with Gasteiger partial charge in [0.25, 0.3) is 5.91 Å². The zero-order valence-corrected chi connectivity index (χ0v) is 21.7. The predicted molar refractivity (Wildman–Crippen MR) is 146 cm³/mol. The van der Waals surface area contributed by atoms with Gasteiger partial charge in [0.1, 0.15) is 18.3 Å². The first-order valence-corrected chi connectivity index (χ1v) is 12.6. The number of nitrogens with zero attached hydrogens (tertiary/aromatic N) is 3. The Bertz CT molecular complexity index is 1440. The highest BCUT2D eigenvalue weighted by atomic mass is 35.5. The minimum Gasteiger partial charge on any atom is -0.497 e. The number of amides is 2. The van der Waals surface area contributed by atoms with E-state index in [-0.39, 0.29) is 30.4 Å². The lowest BCUT2D eigenvalue weighted by Crippen LogP contribution is -2.48. The molecule has 7 heteroatoms. The monoisotopic (exact) mass is 513 g/mol. The molecule has 37 heavy (non-hydrogen) atoms. The summed E-state index contributed by atoms with van der Waals surface area (Å²) >= 11 is 6.34.